The highest BCUT2D eigenvalue weighted by molar-refractivity contribution is 5.76. The summed E-state index contributed by atoms with van der Waals surface area (Å²) in [6.45, 7) is 6.26. The molecule has 1 amide bonds. The van der Waals surface area contributed by atoms with Gasteiger partial charge in [-0.1, -0.05) is 36.8 Å². The first-order valence-corrected chi connectivity index (χ1v) is 11.1. The Bertz CT molecular complexity index is 572. The lowest BCUT2D eigenvalue weighted by atomic mass is 9.93. The van der Waals surface area contributed by atoms with Gasteiger partial charge in [0.15, 0.2) is 0 Å². The number of aliphatic hydroxyl groups excluding tert-OH is 1. The number of nitrogens with zero attached hydrogens (tertiary/aromatic N) is 2. The number of hydrogen-bond donors (Lipinski definition) is 2. The lowest BCUT2D eigenvalue weighted by Gasteiger charge is -2.34. The van der Waals surface area contributed by atoms with Gasteiger partial charge in [-0.25, -0.2) is 0 Å². The van der Waals surface area contributed by atoms with Crippen LogP contribution in [-0.4, -0.2) is 66.2 Å². The summed E-state index contributed by atoms with van der Waals surface area (Å²) in [6.07, 6.45) is 7.43. The van der Waals surface area contributed by atoms with Crippen molar-refractivity contribution in [1.82, 2.24) is 15.1 Å². The van der Waals surface area contributed by atoms with Crippen LogP contribution in [0.5, 0.6) is 0 Å². The molecule has 5 heteroatoms. The van der Waals surface area contributed by atoms with Crippen LogP contribution in [0.2, 0.25) is 0 Å². The normalized spacial score (nSPS) is 22.2. The van der Waals surface area contributed by atoms with E-state index in [1.807, 2.05) is 0 Å². The maximum absolute atomic E-state index is 12.3. The Balaban J connectivity index is 1.26. The zero-order valence-electron chi connectivity index (χ0n) is 17.2. The summed E-state index contributed by atoms with van der Waals surface area (Å²) < 4.78 is 0. The maximum atomic E-state index is 12.3. The standard InChI is InChI=1S/C23H37N3O2/c27-19-22-9-4-5-13-26(22)14-6-12-24-23(28)17-20-10-15-25(16-11-20)18-21-7-2-1-3-8-21/h1-3,7-8,20,22,27H,4-6,9-19H2,(H,24,28)/t22-/m1/s1. The van der Waals surface area contributed by atoms with E-state index in [0.29, 0.717) is 18.4 Å². The van der Waals surface area contributed by atoms with Crippen molar-refractivity contribution >= 4 is 5.91 Å². The molecule has 2 N–H and O–H groups in total. The number of rotatable bonds is 9. The molecule has 0 aliphatic carbocycles. The highest BCUT2D eigenvalue weighted by atomic mass is 16.3. The van der Waals surface area contributed by atoms with Crippen molar-refractivity contribution in [2.45, 2.75) is 57.5 Å². The van der Waals surface area contributed by atoms with Crippen LogP contribution in [0.3, 0.4) is 0 Å². The van der Waals surface area contributed by atoms with Crippen molar-refractivity contribution in [3.63, 3.8) is 0 Å². The summed E-state index contributed by atoms with van der Waals surface area (Å²) in [5.41, 5.74) is 1.37. The fraction of sp³-hybridized carbons (Fsp3) is 0.696. The molecule has 3 rings (SSSR count). The summed E-state index contributed by atoms with van der Waals surface area (Å²) in [7, 11) is 0. The Labute approximate surface area is 170 Å². The van der Waals surface area contributed by atoms with E-state index in [1.165, 1.54) is 18.4 Å². The van der Waals surface area contributed by atoms with E-state index in [2.05, 4.69) is 45.4 Å². The van der Waals surface area contributed by atoms with Crippen molar-refractivity contribution < 1.29 is 9.90 Å². The predicted octanol–water partition coefficient (Wildman–Crippen LogP) is 2.64. The summed E-state index contributed by atoms with van der Waals surface area (Å²) >= 11 is 0. The van der Waals surface area contributed by atoms with Crippen LogP contribution in [0.25, 0.3) is 0 Å². The van der Waals surface area contributed by atoms with E-state index >= 15 is 0 Å². The number of aliphatic hydroxyl groups is 1. The molecule has 0 bridgehead atoms. The van der Waals surface area contributed by atoms with E-state index in [9.17, 15) is 9.90 Å². The van der Waals surface area contributed by atoms with Crippen molar-refractivity contribution in [2.24, 2.45) is 5.92 Å². The van der Waals surface area contributed by atoms with Crippen LogP contribution in [0.1, 0.15) is 50.5 Å². The van der Waals surface area contributed by atoms with E-state index in [-0.39, 0.29) is 12.5 Å². The molecule has 0 spiro atoms. The fourth-order valence-electron chi connectivity index (χ4n) is 4.60. The number of carbonyl (C=O) groups excluding carboxylic acids is 1. The third kappa shape index (κ3) is 6.87. The second-order valence-electron chi connectivity index (χ2n) is 8.48. The Morgan fingerprint density at radius 2 is 1.86 bits per heavy atom. The molecular formula is C23H37N3O2. The Hall–Kier alpha value is -1.43. The van der Waals surface area contributed by atoms with Gasteiger partial charge in [-0.05, 0) is 63.2 Å². The zero-order chi connectivity index (χ0) is 19.6. The minimum Gasteiger partial charge on any atom is -0.395 e. The first-order valence-electron chi connectivity index (χ1n) is 11.1. The molecule has 5 nitrogen and oxygen atoms in total. The fourth-order valence-corrected chi connectivity index (χ4v) is 4.60. The number of amides is 1. The molecule has 2 aliphatic rings. The molecule has 0 radical (unpaired) electrons. The summed E-state index contributed by atoms with van der Waals surface area (Å²) in [6, 6.07) is 11.0. The molecule has 0 aromatic heterocycles. The Kier molecular flexibility index (Phi) is 8.77. The lowest BCUT2D eigenvalue weighted by molar-refractivity contribution is -0.122. The predicted molar refractivity (Wildman–Crippen MR) is 113 cm³/mol. The van der Waals surface area contributed by atoms with Gasteiger partial charge in [0.25, 0.3) is 0 Å². The molecule has 0 saturated carbocycles. The van der Waals surface area contributed by atoms with Crippen LogP contribution in [0.4, 0.5) is 0 Å². The topological polar surface area (TPSA) is 55.8 Å². The number of hydrogen-bond acceptors (Lipinski definition) is 4. The third-order valence-corrected chi connectivity index (χ3v) is 6.33. The van der Waals surface area contributed by atoms with Gasteiger partial charge >= 0.3 is 0 Å². The SMILES string of the molecule is O=C(CC1CCN(Cc2ccccc2)CC1)NCCCN1CCCC[C@@H]1CO. The summed E-state index contributed by atoms with van der Waals surface area (Å²) in [5.74, 6) is 0.728. The molecule has 156 valence electrons. The van der Waals surface area contributed by atoms with Crippen LogP contribution < -0.4 is 5.32 Å². The second kappa shape index (κ2) is 11.5. The quantitative estimate of drug-likeness (QED) is 0.640. The van der Waals surface area contributed by atoms with Gasteiger partial charge in [-0.15, -0.1) is 0 Å². The van der Waals surface area contributed by atoms with Crippen molar-refractivity contribution in [1.29, 1.82) is 0 Å². The number of nitrogens with one attached hydrogen (secondary N) is 1. The average Bonchev–Trinajstić information content (AvgIpc) is 2.74. The first kappa shape index (κ1) is 21.3. The van der Waals surface area contributed by atoms with Crippen LogP contribution >= 0.6 is 0 Å². The molecule has 1 atom stereocenters. The zero-order valence-corrected chi connectivity index (χ0v) is 17.2. The van der Waals surface area contributed by atoms with Gasteiger partial charge in [-0.3, -0.25) is 14.6 Å². The minimum absolute atomic E-state index is 0.207. The third-order valence-electron chi connectivity index (χ3n) is 6.33. The number of benzene rings is 1. The van der Waals surface area contributed by atoms with Gasteiger partial charge in [0.1, 0.15) is 0 Å². The van der Waals surface area contributed by atoms with Gasteiger partial charge in [-0.2, -0.15) is 0 Å². The van der Waals surface area contributed by atoms with Crippen molar-refractivity contribution in [3.05, 3.63) is 35.9 Å². The largest absolute Gasteiger partial charge is 0.395 e. The van der Waals surface area contributed by atoms with Gasteiger partial charge in [0.05, 0.1) is 6.61 Å². The second-order valence-corrected chi connectivity index (χ2v) is 8.48. The smallest absolute Gasteiger partial charge is 0.220 e. The molecule has 2 saturated heterocycles. The summed E-state index contributed by atoms with van der Waals surface area (Å²) in [5, 5.41) is 12.6. The molecule has 1 aromatic carbocycles. The van der Waals surface area contributed by atoms with Gasteiger partial charge in [0, 0.05) is 32.1 Å². The molecule has 2 heterocycles. The number of piperidine rings is 2. The van der Waals surface area contributed by atoms with E-state index < -0.39 is 0 Å². The average molecular weight is 388 g/mol. The molecule has 2 fully saturated rings. The van der Waals surface area contributed by atoms with E-state index in [0.717, 1.165) is 65.0 Å². The number of carbonyl (C=O) groups is 1. The highest BCUT2D eigenvalue weighted by Gasteiger charge is 2.22. The Morgan fingerprint density at radius 1 is 1.07 bits per heavy atom. The number of likely N-dealkylation sites (tertiary alicyclic amines) is 2. The molecule has 2 aliphatic heterocycles. The van der Waals surface area contributed by atoms with E-state index in [4.69, 9.17) is 0 Å². The minimum atomic E-state index is 0.207. The molecule has 1 aromatic rings. The van der Waals surface area contributed by atoms with Gasteiger partial charge < -0.3 is 10.4 Å². The van der Waals surface area contributed by atoms with Gasteiger partial charge in [0.2, 0.25) is 5.91 Å². The Morgan fingerprint density at radius 3 is 2.61 bits per heavy atom. The maximum Gasteiger partial charge on any atom is 0.220 e. The highest BCUT2D eigenvalue weighted by Crippen LogP contribution is 2.22. The van der Waals surface area contributed by atoms with Crippen molar-refractivity contribution in [2.75, 3.05) is 39.3 Å². The lowest BCUT2D eigenvalue weighted by Crippen LogP contribution is -2.43. The van der Waals surface area contributed by atoms with E-state index in [1.54, 1.807) is 0 Å². The monoisotopic (exact) mass is 387 g/mol. The molecule has 28 heavy (non-hydrogen) atoms. The van der Waals surface area contributed by atoms with Crippen LogP contribution in [0.15, 0.2) is 30.3 Å². The molecular weight excluding hydrogens is 350 g/mol. The first-order chi connectivity index (χ1) is 13.7. The van der Waals surface area contributed by atoms with Crippen molar-refractivity contribution in [3.8, 4) is 0 Å². The van der Waals surface area contributed by atoms with Crippen LogP contribution in [-0.2, 0) is 11.3 Å². The molecule has 0 unspecified atom stereocenters. The van der Waals surface area contributed by atoms with Crippen LogP contribution in [0, 0.1) is 5.92 Å². The summed E-state index contributed by atoms with van der Waals surface area (Å²) in [4.78, 5) is 17.2.